The van der Waals surface area contributed by atoms with Gasteiger partial charge in [0.15, 0.2) is 5.13 Å². The molecule has 0 bridgehead atoms. The third kappa shape index (κ3) is 5.60. The molecule has 0 fully saturated rings. The van der Waals surface area contributed by atoms with Crippen molar-refractivity contribution in [3.8, 4) is 0 Å². The molecule has 30 heavy (non-hydrogen) atoms. The van der Waals surface area contributed by atoms with E-state index in [0.717, 1.165) is 33.9 Å². The van der Waals surface area contributed by atoms with E-state index in [1.807, 2.05) is 4.90 Å². The van der Waals surface area contributed by atoms with E-state index in [1.54, 1.807) is 11.3 Å². The maximum Gasteiger partial charge on any atom is 0.233 e. The zero-order valence-electron chi connectivity index (χ0n) is 18.8. The first kappa shape index (κ1) is 24.3. The van der Waals surface area contributed by atoms with Crippen LogP contribution >= 0.6 is 23.7 Å². The molecule has 0 aliphatic carbocycles. The highest BCUT2D eigenvalue weighted by molar-refractivity contribution is 7.22. The van der Waals surface area contributed by atoms with Gasteiger partial charge in [-0.2, -0.15) is 0 Å². The minimum absolute atomic E-state index is 0. The Kier molecular flexibility index (Phi) is 8.42. The van der Waals surface area contributed by atoms with E-state index in [1.165, 1.54) is 22.3 Å². The molecule has 4 nitrogen and oxygen atoms in total. The summed E-state index contributed by atoms with van der Waals surface area (Å²) in [5.41, 5.74) is 6.97. The van der Waals surface area contributed by atoms with Crippen molar-refractivity contribution in [2.45, 2.75) is 40.5 Å². The van der Waals surface area contributed by atoms with Gasteiger partial charge in [-0.05, 0) is 88.6 Å². The SMILES string of the molecule is Cc1ccc(CC(=O)N(CCCN(C)C)c2nc3c(C)c(C)ccc3s2)cc1C.Cl. The van der Waals surface area contributed by atoms with Gasteiger partial charge in [-0.15, -0.1) is 12.4 Å². The Morgan fingerprint density at radius 1 is 0.967 bits per heavy atom. The maximum atomic E-state index is 13.3. The summed E-state index contributed by atoms with van der Waals surface area (Å²) < 4.78 is 1.14. The minimum Gasteiger partial charge on any atom is -0.309 e. The number of rotatable bonds is 7. The van der Waals surface area contributed by atoms with E-state index >= 15 is 0 Å². The molecule has 0 saturated heterocycles. The van der Waals surface area contributed by atoms with Crippen LogP contribution in [0.1, 0.15) is 34.2 Å². The molecule has 1 aromatic heterocycles. The number of anilines is 1. The van der Waals surface area contributed by atoms with Crippen LogP contribution in [0.5, 0.6) is 0 Å². The fourth-order valence-electron chi connectivity index (χ4n) is 3.39. The molecule has 1 amide bonds. The summed E-state index contributed by atoms with van der Waals surface area (Å²) >= 11 is 1.61. The van der Waals surface area contributed by atoms with Crippen molar-refractivity contribution in [1.82, 2.24) is 9.88 Å². The number of amides is 1. The lowest BCUT2D eigenvalue weighted by Gasteiger charge is -2.21. The Bertz CT molecular complexity index is 1030. The van der Waals surface area contributed by atoms with Gasteiger partial charge in [0.2, 0.25) is 5.91 Å². The van der Waals surface area contributed by atoms with Crippen molar-refractivity contribution in [1.29, 1.82) is 0 Å². The van der Waals surface area contributed by atoms with Gasteiger partial charge in [-0.1, -0.05) is 35.6 Å². The van der Waals surface area contributed by atoms with Crippen molar-refractivity contribution in [2.24, 2.45) is 0 Å². The first-order valence-electron chi connectivity index (χ1n) is 10.1. The third-order valence-corrected chi connectivity index (χ3v) is 6.56. The Balaban J connectivity index is 0.00000320. The van der Waals surface area contributed by atoms with Gasteiger partial charge in [0.05, 0.1) is 16.6 Å². The molecule has 3 aromatic rings. The summed E-state index contributed by atoms with van der Waals surface area (Å²) in [6.45, 7) is 10.0. The summed E-state index contributed by atoms with van der Waals surface area (Å²) in [7, 11) is 4.12. The second-order valence-electron chi connectivity index (χ2n) is 8.15. The Labute approximate surface area is 190 Å². The number of benzene rings is 2. The molecule has 0 aliphatic rings. The van der Waals surface area contributed by atoms with Crippen LogP contribution < -0.4 is 4.90 Å². The first-order chi connectivity index (χ1) is 13.8. The smallest absolute Gasteiger partial charge is 0.233 e. The second kappa shape index (κ2) is 10.4. The molecule has 1 heterocycles. The van der Waals surface area contributed by atoms with Crippen LogP contribution in [0.2, 0.25) is 0 Å². The van der Waals surface area contributed by atoms with E-state index < -0.39 is 0 Å². The summed E-state index contributed by atoms with van der Waals surface area (Å²) in [6.07, 6.45) is 1.32. The van der Waals surface area contributed by atoms with Gasteiger partial charge >= 0.3 is 0 Å². The predicted molar refractivity (Wildman–Crippen MR) is 131 cm³/mol. The van der Waals surface area contributed by atoms with Gasteiger partial charge in [0.25, 0.3) is 0 Å². The standard InChI is InChI=1S/C24H31N3OS.ClH/c1-16-8-10-20(14-18(16)3)15-22(28)27(13-7-12-26(5)6)24-25-23-19(4)17(2)9-11-21(23)29-24;/h8-11,14H,7,12-13,15H2,1-6H3;1H. The molecule has 0 unspecified atom stereocenters. The second-order valence-corrected chi connectivity index (χ2v) is 9.16. The van der Waals surface area contributed by atoms with E-state index in [4.69, 9.17) is 4.98 Å². The molecule has 162 valence electrons. The highest BCUT2D eigenvalue weighted by Crippen LogP contribution is 2.32. The quantitative estimate of drug-likeness (QED) is 0.483. The van der Waals surface area contributed by atoms with Crippen molar-refractivity contribution < 1.29 is 4.79 Å². The average Bonchev–Trinajstić information content (AvgIpc) is 3.09. The van der Waals surface area contributed by atoms with Gasteiger partial charge < -0.3 is 4.90 Å². The Hall–Kier alpha value is -1.95. The lowest BCUT2D eigenvalue weighted by Crippen LogP contribution is -2.34. The number of aryl methyl sites for hydroxylation is 4. The van der Waals surface area contributed by atoms with Gasteiger partial charge in [-0.25, -0.2) is 4.98 Å². The zero-order chi connectivity index (χ0) is 21.1. The van der Waals surface area contributed by atoms with E-state index in [-0.39, 0.29) is 18.3 Å². The van der Waals surface area contributed by atoms with Crippen LogP contribution in [0, 0.1) is 27.7 Å². The van der Waals surface area contributed by atoms with Crippen LogP contribution in [-0.2, 0) is 11.2 Å². The highest BCUT2D eigenvalue weighted by atomic mass is 35.5. The number of thiazole rings is 1. The van der Waals surface area contributed by atoms with Crippen molar-refractivity contribution in [3.05, 3.63) is 58.1 Å². The first-order valence-corrected chi connectivity index (χ1v) is 11.0. The molecule has 0 spiro atoms. The topological polar surface area (TPSA) is 36.4 Å². The van der Waals surface area contributed by atoms with Gasteiger partial charge in [0, 0.05) is 6.54 Å². The number of aromatic nitrogens is 1. The summed E-state index contributed by atoms with van der Waals surface area (Å²) in [4.78, 5) is 22.2. The lowest BCUT2D eigenvalue weighted by molar-refractivity contribution is -0.118. The van der Waals surface area contributed by atoms with Crippen molar-refractivity contribution in [3.63, 3.8) is 0 Å². The molecular formula is C24H32ClN3OS. The molecule has 0 radical (unpaired) electrons. The van der Waals surface area contributed by atoms with Crippen LogP contribution in [0.15, 0.2) is 30.3 Å². The Morgan fingerprint density at radius 2 is 1.67 bits per heavy atom. The zero-order valence-corrected chi connectivity index (χ0v) is 20.4. The van der Waals surface area contributed by atoms with Crippen molar-refractivity contribution >= 4 is 45.0 Å². The minimum atomic E-state index is 0. The number of nitrogens with zero attached hydrogens (tertiary/aromatic N) is 3. The molecule has 3 rings (SSSR count). The fourth-order valence-corrected chi connectivity index (χ4v) is 4.45. The van der Waals surface area contributed by atoms with Crippen LogP contribution in [-0.4, -0.2) is 43.0 Å². The number of fused-ring (bicyclic) bond motifs is 1. The largest absolute Gasteiger partial charge is 0.309 e. The fraction of sp³-hybridized carbons (Fsp3) is 0.417. The van der Waals surface area contributed by atoms with Crippen LogP contribution in [0.25, 0.3) is 10.2 Å². The number of hydrogen-bond acceptors (Lipinski definition) is 4. The molecule has 0 aliphatic heterocycles. The highest BCUT2D eigenvalue weighted by Gasteiger charge is 2.21. The molecular weight excluding hydrogens is 414 g/mol. The number of carbonyl (C=O) groups excluding carboxylic acids is 1. The maximum absolute atomic E-state index is 13.3. The van der Waals surface area contributed by atoms with Gasteiger partial charge in [0.1, 0.15) is 0 Å². The van der Waals surface area contributed by atoms with E-state index in [2.05, 4.69) is 77.0 Å². The average molecular weight is 446 g/mol. The predicted octanol–water partition coefficient (Wildman–Crippen LogP) is 5.48. The normalized spacial score (nSPS) is 11.0. The summed E-state index contributed by atoms with van der Waals surface area (Å²) in [5, 5.41) is 0.807. The third-order valence-electron chi connectivity index (χ3n) is 5.52. The van der Waals surface area contributed by atoms with E-state index in [0.29, 0.717) is 13.0 Å². The number of hydrogen-bond donors (Lipinski definition) is 0. The van der Waals surface area contributed by atoms with Crippen LogP contribution in [0.3, 0.4) is 0 Å². The molecule has 0 atom stereocenters. The monoisotopic (exact) mass is 445 g/mol. The summed E-state index contributed by atoms with van der Waals surface area (Å²) in [5.74, 6) is 0.112. The lowest BCUT2D eigenvalue weighted by atomic mass is 10.0. The van der Waals surface area contributed by atoms with Crippen LogP contribution in [0.4, 0.5) is 5.13 Å². The molecule has 0 N–H and O–H groups in total. The summed E-state index contributed by atoms with van der Waals surface area (Å²) in [6, 6.07) is 10.5. The number of halogens is 1. The molecule has 6 heteroatoms. The Morgan fingerprint density at radius 3 is 2.33 bits per heavy atom. The molecule has 0 saturated carbocycles. The van der Waals surface area contributed by atoms with E-state index in [9.17, 15) is 4.79 Å². The number of carbonyl (C=O) groups is 1. The molecule has 2 aromatic carbocycles. The van der Waals surface area contributed by atoms with Gasteiger partial charge in [-0.3, -0.25) is 9.69 Å². The van der Waals surface area contributed by atoms with Crippen molar-refractivity contribution in [2.75, 3.05) is 32.1 Å².